The van der Waals surface area contributed by atoms with Crippen molar-refractivity contribution in [3.8, 4) is 5.75 Å². The van der Waals surface area contributed by atoms with Crippen LogP contribution in [0, 0.1) is 6.92 Å². The first kappa shape index (κ1) is 18.5. The van der Waals surface area contributed by atoms with Crippen LogP contribution in [-0.2, 0) is 4.74 Å². The van der Waals surface area contributed by atoms with Crippen molar-refractivity contribution in [3.05, 3.63) is 71.3 Å². The number of amides is 1. The van der Waals surface area contributed by atoms with E-state index in [2.05, 4.69) is 5.32 Å². The van der Waals surface area contributed by atoms with Crippen LogP contribution in [0.2, 0.25) is 0 Å². The van der Waals surface area contributed by atoms with E-state index in [0.29, 0.717) is 34.7 Å². The molecule has 0 atom stereocenters. The minimum Gasteiger partial charge on any atom is -0.496 e. The van der Waals surface area contributed by atoms with E-state index in [1.54, 1.807) is 38.1 Å². The van der Waals surface area contributed by atoms with E-state index in [1.807, 2.05) is 30.3 Å². The molecule has 0 radical (unpaired) electrons. The normalized spacial score (nSPS) is 10.5. The summed E-state index contributed by atoms with van der Waals surface area (Å²) in [7, 11) is 1.54. The fourth-order valence-electron chi connectivity index (χ4n) is 2.96. The summed E-state index contributed by atoms with van der Waals surface area (Å²) in [4.78, 5) is 25.0. The van der Waals surface area contributed by atoms with Crippen LogP contribution in [0.25, 0.3) is 10.8 Å². The Hall–Kier alpha value is -3.34. The zero-order valence-corrected chi connectivity index (χ0v) is 15.5. The lowest BCUT2D eigenvalue weighted by atomic mass is 10.0. The lowest BCUT2D eigenvalue weighted by molar-refractivity contribution is 0.0525. The van der Waals surface area contributed by atoms with Crippen LogP contribution >= 0.6 is 0 Å². The standard InChI is InChI=1S/C22H21NO4/c1-4-27-22(25)17-10-7-11-19(14(17)2)23-21(24)18-12-15-8-5-6-9-16(15)13-20(18)26-3/h5-13H,4H2,1-3H3,(H,23,24). The Bertz CT molecular complexity index is 1010. The van der Waals surface area contributed by atoms with E-state index in [4.69, 9.17) is 9.47 Å². The molecule has 0 aliphatic heterocycles. The van der Waals surface area contributed by atoms with Crippen LogP contribution in [-0.4, -0.2) is 25.6 Å². The molecule has 0 saturated carbocycles. The molecule has 0 unspecified atom stereocenters. The number of rotatable bonds is 5. The Kier molecular flexibility index (Phi) is 5.41. The second kappa shape index (κ2) is 7.91. The van der Waals surface area contributed by atoms with Gasteiger partial charge >= 0.3 is 5.97 Å². The molecule has 0 saturated heterocycles. The van der Waals surface area contributed by atoms with E-state index in [-0.39, 0.29) is 5.91 Å². The monoisotopic (exact) mass is 363 g/mol. The predicted octanol–water partition coefficient (Wildman–Crippen LogP) is 4.59. The van der Waals surface area contributed by atoms with Crippen molar-refractivity contribution in [1.82, 2.24) is 0 Å². The minimum atomic E-state index is -0.408. The van der Waals surface area contributed by atoms with Crippen LogP contribution in [0.4, 0.5) is 5.69 Å². The van der Waals surface area contributed by atoms with Crippen LogP contribution in [0.15, 0.2) is 54.6 Å². The minimum absolute atomic E-state index is 0.295. The Morgan fingerprint density at radius 2 is 1.67 bits per heavy atom. The molecule has 0 bridgehead atoms. The SMILES string of the molecule is CCOC(=O)c1cccc(NC(=O)c2cc3ccccc3cc2OC)c1C. The highest BCUT2D eigenvalue weighted by molar-refractivity contribution is 6.09. The Morgan fingerprint density at radius 3 is 2.33 bits per heavy atom. The van der Waals surface area contributed by atoms with Gasteiger partial charge < -0.3 is 14.8 Å². The Labute approximate surface area is 157 Å². The summed E-state index contributed by atoms with van der Waals surface area (Å²) in [5, 5.41) is 4.81. The van der Waals surface area contributed by atoms with E-state index in [0.717, 1.165) is 10.8 Å². The van der Waals surface area contributed by atoms with E-state index < -0.39 is 5.97 Å². The van der Waals surface area contributed by atoms with Crippen molar-refractivity contribution < 1.29 is 19.1 Å². The molecule has 0 aliphatic carbocycles. The van der Waals surface area contributed by atoms with Gasteiger partial charge in [0.2, 0.25) is 0 Å². The fraction of sp³-hybridized carbons (Fsp3) is 0.182. The molecule has 0 aromatic heterocycles. The highest BCUT2D eigenvalue weighted by Gasteiger charge is 2.17. The summed E-state index contributed by atoms with van der Waals surface area (Å²) in [5.41, 5.74) is 2.07. The second-order valence-electron chi connectivity index (χ2n) is 6.05. The zero-order chi connectivity index (χ0) is 19.4. The lowest BCUT2D eigenvalue weighted by Gasteiger charge is -2.14. The third kappa shape index (κ3) is 3.77. The summed E-state index contributed by atoms with van der Waals surface area (Å²) in [6.07, 6.45) is 0. The molecule has 0 heterocycles. The molecule has 27 heavy (non-hydrogen) atoms. The van der Waals surface area contributed by atoms with Crippen LogP contribution in [0.1, 0.15) is 33.2 Å². The van der Waals surface area contributed by atoms with Gasteiger partial charge in [0.1, 0.15) is 5.75 Å². The van der Waals surface area contributed by atoms with Gasteiger partial charge in [-0.1, -0.05) is 30.3 Å². The maximum absolute atomic E-state index is 12.9. The molecular weight excluding hydrogens is 342 g/mol. The molecular formula is C22H21NO4. The molecule has 3 rings (SSSR count). The number of hydrogen-bond donors (Lipinski definition) is 1. The van der Waals surface area contributed by atoms with Gasteiger partial charge in [0, 0.05) is 5.69 Å². The van der Waals surface area contributed by atoms with Gasteiger partial charge in [0.15, 0.2) is 0 Å². The van der Waals surface area contributed by atoms with Gasteiger partial charge in [-0.3, -0.25) is 4.79 Å². The van der Waals surface area contributed by atoms with E-state index in [9.17, 15) is 9.59 Å². The van der Waals surface area contributed by atoms with Crippen LogP contribution in [0.3, 0.4) is 0 Å². The molecule has 0 spiro atoms. The number of esters is 1. The van der Waals surface area contributed by atoms with Crippen molar-refractivity contribution in [1.29, 1.82) is 0 Å². The molecule has 5 nitrogen and oxygen atoms in total. The molecule has 138 valence electrons. The summed E-state index contributed by atoms with van der Waals surface area (Å²) >= 11 is 0. The number of carbonyl (C=O) groups excluding carboxylic acids is 2. The number of ether oxygens (including phenoxy) is 2. The summed E-state index contributed by atoms with van der Waals surface area (Å²) < 4.78 is 10.5. The highest BCUT2D eigenvalue weighted by atomic mass is 16.5. The van der Waals surface area contributed by atoms with E-state index >= 15 is 0 Å². The quantitative estimate of drug-likeness (QED) is 0.674. The predicted molar refractivity (Wildman–Crippen MR) is 106 cm³/mol. The van der Waals surface area contributed by atoms with Crippen LogP contribution in [0.5, 0.6) is 5.75 Å². The van der Waals surface area contributed by atoms with Gasteiger partial charge in [-0.05, 0) is 54.4 Å². The number of hydrogen-bond acceptors (Lipinski definition) is 4. The highest BCUT2D eigenvalue weighted by Crippen LogP contribution is 2.28. The first-order valence-electron chi connectivity index (χ1n) is 8.70. The largest absolute Gasteiger partial charge is 0.496 e. The Morgan fingerprint density at radius 1 is 0.963 bits per heavy atom. The fourth-order valence-corrected chi connectivity index (χ4v) is 2.96. The molecule has 0 fully saturated rings. The number of anilines is 1. The average Bonchev–Trinajstić information content (AvgIpc) is 2.68. The molecule has 0 aliphatic rings. The number of fused-ring (bicyclic) bond motifs is 1. The average molecular weight is 363 g/mol. The van der Waals surface area contributed by atoms with E-state index in [1.165, 1.54) is 7.11 Å². The van der Waals surface area contributed by atoms with Gasteiger partial charge in [0.05, 0.1) is 24.8 Å². The zero-order valence-electron chi connectivity index (χ0n) is 15.5. The summed E-state index contributed by atoms with van der Waals surface area (Å²) in [6, 6.07) is 16.6. The molecule has 1 N–H and O–H groups in total. The van der Waals surface area contributed by atoms with Crippen molar-refractivity contribution in [2.75, 3.05) is 19.0 Å². The first-order valence-corrected chi connectivity index (χ1v) is 8.70. The maximum atomic E-state index is 12.9. The number of nitrogens with one attached hydrogen (secondary N) is 1. The summed E-state index contributed by atoms with van der Waals surface area (Å²) in [6.45, 7) is 3.83. The first-order chi connectivity index (χ1) is 13.0. The molecule has 1 amide bonds. The summed E-state index contributed by atoms with van der Waals surface area (Å²) in [5.74, 6) is -0.221. The van der Waals surface area contributed by atoms with Crippen molar-refractivity contribution in [2.24, 2.45) is 0 Å². The van der Waals surface area contributed by atoms with Gasteiger partial charge in [-0.15, -0.1) is 0 Å². The number of carbonyl (C=O) groups is 2. The molecule has 3 aromatic rings. The molecule has 3 aromatic carbocycles. The van der Waals surface area contributed by atoms with Crippen molar-refractivity contribution in [3.63, 3.8) is 0 Å². The van der Waals surface area contributed by atoms with Crippen molar-refractivity contribution in [2.45, 2.75) is 13.8 Å². The third-order valence-corrected chi connectivity index (χ3v) is 4.39. The van der Waals surface area contributed by atoms with Gasteiger partial charge in [0.25, 0.3) is 5.91 Å². The van der Waals surface area contributed by atoms with Gasteiger partial charge in [-0.2, -0.15) is 0 Å². The smallest absolute Gasteiger partial charge is 0.338 e. The Balaban J connectivity index is 1.95. The maximum Gasteiger partial charge on any atom is 0.338 e. The van der Waals surface area contributed by atoms with Gasteiger partial charge in [-0.25, -0.2) is 4.79 Å². The topological polar surface area (TPSA) is 64.6 Å². The van der Waals surface area contributed by atoms with Crippen molar-refractivity contribution >= 4 is 28.3 Å². The number of methoxy groups -OCH3 is 1. The van der Waals surface area contributed by atoms with Crippen LogP contribution < -0.4 is 10.1 Å². The second-order valence-corrected chi connectivity index (χ2v) is 6.05. The number of benzene rings is 3. The molecule has 5 heteroatoms. The lowest BCUT2D eigenvalue weighted by Crippen LogP contribution is -2.15. The third-order valence-electron chi connectivity index (χ3n) is 4.39.